The number of guanidine groups is 1. The van der Waals surface area contributed by atoms with Gasteiger partial charge in [-0.15, -0.1) is 24.0 Å². The number of halogens is 1. The van der Waals surface area contributed by atoms with Crippen molar-refractivity contribution < 1.29 is 14.0 Å². The standard InChI is InChI=1S/C20H31N5O3.HI/c1-2-21-20(23-13-18(26)22-12-17-8-5-11-28-17)24-16-9-10-25(14-16)19(27)15-6-3-4-7-15;/h5,8,11,15-16H,2-4,6-7,9-10,12-14H2,1H3,(H,22,26)(H2,21,23,24);1H. The maximum atomic E-state index is 12.6. The van der Waals surface area contributed by atoms with Crippen molar-refractivity contribution in [3.8, 4) is 0 Å². The van der Waals surface area contributed by atoms with Gasteiger partial charge >= 0.3 is 0 Å². The van der Waals surface area contributed by atoms with E-state index in [0.717, 1.165) is 25.8 Å². The number of nitrogens with one attached hydrogen (secondary N) is 3. The summed E-state index contributed by atoms with van der Waals surface area (Å²) in [6, 6.07) is 3.76. The van der Waals surface area contributed by atoms with E-state index in [-0.39, 0.29) is 48.4 Å². The Morgan fingerprint density at radius 3 is 2.72 bits per heavy atom. The largest absolute Gasteiger partial charge is 0.467 e. The van der Waals surface area contributed by atoms with Gasteiger partial charge in [0.1, 0.15) is 12.3 Å². The molecule has 2 aliphatic rings. The minimum Gasteiger partial charge on any atom is -0.467 e. The lowest BCUT2D eigenvalue weighted by molar-refractivity contribution is -0.134. The van der Waals surface area contributed by atoms with E-state index in [4.69, 9.17) is 4.42 Å². The molecule has 0 aromatic carbocycles. The molecular formula is C20H32IN5O3. The second-order valence-corrected chi connectivity index (χ2v) is 7.45. The molecule has 1 aromatic rings. The Kier molecular flexibility index (Phi) is 9.75. The predicted octanol–water partition coefficient (Wildman–Crippen LogP) is 1.86. The Bertz CT molecular complexity index is 674. The maximum absolute atomic E-state index is 12.6. The van der Waals surface area contributed by atoms with Crippen LogP contribution in [0.4, 0.5) is 0 Å². The molecule has 1 atom stereocenters. The number of amides is 2. The van der Waals surface area contributed by atoms with Crippen molar-refractivity contribution >= 4 is 41.8 Å². The van der Waals surface area contributed by atoms with Crippen LogP contribution in [0.2, 0.25) is 0 Å². The first-order chi connectivity index (χ1) is 13.7. The minimum atomic E-state index is -0.168. The highest BCUT2D eigenvalue weighted by Gasteiger charge is 2.32. The Morgan fingerprint density at radius 2 is 2.03 bits per heavy atom. The van der Waals surface area contributed by atoms with E-state index >= 15 is 0 Å². The lowest BCUT2D eigenvalue weighted by atomic mass is 10.1. The van der Waals surface area contributed by atoms with Crippen molar-refractivity contribution in [1.82, 2.24) is 20.9 Å². The molecule has 2 amide bonds. The summed E-state index contributed by atoms with van der Waals surface area (Å²) >= 11 is 0. The van der Waals surface area contributed by atoms with Gasteiger partial charge < -0.3 is 25.3 Å². The molecule has 29 heavy (non-hydrogen) atoms. The molecule has 9 heteroatoms. The molecule has 3 N–H and O–H groups in total. The van der Waals surface area contributed by atoms with Crippen molar-refractivity contribution in [1.29, 1.82) is 0 Å². The second kappa shape index (κ2) is 12.0. The zero-order valence-electron chi connectivity index (χ0n) is 17.0. The summed E-state index contributed by atoms with van der Waals surface area (Å²) in [6.45, 7) is 4.57. The average Bonchev–Trinajstić information content (AvgIpc) is 3.46. The topological polar surface area (TPSA) is 99.0 Å². The van der Waals surface area contributed by atoms with Gasteiger partial charge in [-0.05, 0) is 38.3 Å². The molecule has 1 saturated heterocycles. The summed E-state index contributed by atoms with van der Waals surface area (Å²) in [7, 11) is 0. The monoisotopic (exact) mass is 517 g/mol. The molecule has 0 bridgehead atoms. The lowest BCUT2D eigenvalue weighted by Crippen LogP contribution is -2.45. The van der Waals surface area contributed by atoms with Gasteiger partial charge in [0.15, 0.2) is 5.96 Å². The zero-order chi connectivity index (χ0) is 19.8. The third-order valence-corrected chi connectivity index (χ3v) is 5.31. The number of carbonyl (C=O) groups is 2. The van der Waals surface area contributed by atoms with Crippen molar-refractivity contribution in [3.05, 3.63) is 24.2 Å². The van der Waals surface area contributed by atoms with Crippen LogP contribution in [0.5, 0.6) is 0 Å². The van der Waals surface area contributed by atoms with Crippen LogP contribution < -0.4 is 16.0 Å². The number of rotatable bonds is 7. The zero-order valence-corrected chi connectivity index (χ0v) is 19.3. The van der Waals surface area contributed by atoms with Crippen LogP contribution in [0.1, 0.15) is 44.8 Å². The highest BCUT2D eigenvalue weighted by molar-refractivity contribution is 14.0. The van der Waals surface area contributed by atoms with Gasteiger partial charge in [-0.3, -0.25) is 9.59 Å². The molecule has 3 rings (SSSR count). The Morgan fingerprint density at radius 1 is 1.24 bits per heavy atom. The maximum Gasteiger partial charge on any atom is 0.242 e. The molecule has 1 aliphatic carbocycles. The van der Waals surface area contributed by atoms with Crippen LogP contribution in [0.3, 0.4) is 0 Å². The lowest BCUT2D eigenvalue weighted by Gasteiger charge is -2.21. The van der Waals surface area contributed by atoms with Crippen LogP contribution in [0.15, 0.2) is 27.8 Å². The van der Waals surface area contributed by atoms with Crippen molar-refractivity contribution in [3.63, 3.8) is 0 Å². The number of aliphatic imine (C=N–C) groups is 1. The Hall–Kier alpha value is -1.78. The van der Waals surface area contributed by atoms with Gasteiger partial charge in [-0.2, -0.15) is 0 Å². The molecule has 1 aromatic heterocycles. The fourth-order valence-electron chi connectivity index (χ4n) is 3.83. The average molecular weight is 517 g/mol. The fourth-order valence-corrected chi connectivity index (χ4v) is 3.83. The number of carbonyl (C=O) groups excluding carboxylic acids is 2. The van der Waals surface area contributed by atoms with Gasteiger partial charge in [0.2, 0.25) is 11.8 Å². The van der Waals surface area contributed by atoms with E-state index in [1.165, 1.54) is 12.8 Å². The summed E-state index contributed by atoms with van der Waals surface area (Å²) in [5, 5.41) is 9.32. The quantitative estimate of drug-likeness (QED) is 0.292. The molecule has 0 radical (unpaired) electrons. The number of hydrogen-bond donors (Lipinski definition) is 3. The van der Waals surface area contributed by atoms with Crippen molar-refractivity contribution in [2.75, 3.05) is 26.2 Å². The molecule has 2 fully saturated rings. The predicted molar refractivity (Wildman–Crippen MR) is 122 cm³/mol. The molecule has 1 saturated carbocycles. The van der Waals surface area contributed by atoms with Gasteiger partial charge in [0.25, 0.3) is 0 Å². The first kappa shape index (κ1) is 23.5. The van der Waals surface area contributed by atoms with E-state index in [9.17, 15) is 9.59 Å². The van der Waals surface area contributed by atoms with Gasteiger partial charge in [-0.1, -0.05) is 12.8 Å². The van der Waals surface area contributed by atoms with Crippen LogP contribution in [-0.4, -0.2) is 54.9 Å². The first-order valence-electron chi connectivity index (χ1n) is 10.3. The van der Waals surface area contributed by atoms with E-state index in [2.05, 4.69) is 20.9 Å². The molecule has 2 heterocycles. The highest BCUT2D eigenvalue weighted by atomic mass is 127. The van der Waals surface area contributed by atoms with Crippen LogP contribution in [0, 0.1) is 5.92 Å². The third kappa shape index (κ3) is 7.20. The first-order valence-corrected chi connectivity index (χ1v) is 10.3. The number of furan rings is 1. The molecule has 0 spiro atoms. The van der Waals surface area contributed by atoms with E-state index in [0.29, 0.717) is 37.3 Å². The highest BCUT2D eigenvalue weighted by Crippen LogP contribution is 2.27. The van der Waals surface area contributed by atoms with Crippen LogP contribution in [-0.2, 0) is 16.1 Å². The number of likely N-dealkylation sites (tertiary alicyclic amines) is 1. The van der Waals surface area contributed by atoms with Gasteiger partial charge in [-0.25, -0.2) is 4.99 Å². The Balaban J connectivity index is 0.00000300. The van der Waals surface area contributed by atoms with Crippen LogP contribution in [0.25, 0.3) is 0 Å². The summed E-state index contributed by atoms with van der Waals surface area (Å²) in [5.74, 6) is 1.67. The molecular weight excluding hydrogens is 485 g/mol. The van der Waals surface area contributed by atoms with E-state index < -0.39 is 0 Å². The Labute approximate surface area is 189 Å². The summed E-state index contributed by atoms with van der Waals surface area (Å²) < 4.78 is 5.20. The SMILES string of the molecule is CCNC(=NCC(=O)NCc1ccco1)NC1CCN(C(=O)C2CCCC2)C1.I. The molecule has 162 valence electrons. The van der Waals surface area contributed by atoms with Crippen molar-refractivity contribution in [2.45, 2.75) is 51.6 Å². The van der Waals surface area contributed by atoms with E-state index in [1.807, 2.05) is 17.9 Å². The van der Waals surface area contributed by atoms with Gasteiger partial charge in [0, 0.05) is 31.6 Å². The molecule has 1 aliphatic heterocycles. The number of hydrogen-bond acceptors (Lipinski definition) is 4. The second-order valence-electron chi connectivity index (χ2n) is 7.45. The van der Waals surface area contributed by atoms with Gasteiger partial charge in [0.05, 0.1) is 12.8 Å². The van der Waals surface area contributed by atoms with Crippen molar-refractivity contribution in [2.24, 2.45) is 10.9 Å². The van der Waals surface area contributed by atoms with Crippen LogP contribution >= 0.6 is 24.0 Å². The summed E-state index contributed by atoms with van der Waals surface area (Å²) in [4.78, 5) is 30.9. The molecule has 8 nitrogen and oxygen atoms in total. The van der Waals surface area contributed by atoms with E-state index in [1.54, 1.807) is 12.3 Å². The minimum absolute atomic E-state index is 0. The summed E-state index contributed by atoms with van der Waals surface area (Å²) in [6.07, 6.45) is 6.88. The number of nitrogens with zero attached hydrogens (tertiary/aromatic N) is 2. The fraction of sp³-hybridized carbons (Fsp3) is 0.650. The smallest absolute Gasteiger partial charge is 0.242 e. The summed E-state index contributed by atoms with van der Waals surface area (Å²) in [5.41, 5.74) is 0. The normalized spacial score (nSPS) is 19.7. The third-order valence-electron chi connectivity index (χ3n) is 5.31. The molecule has 1 unspecified atom stereocenters.